The minimum absolute atomic E-state index is 0.398. The van der Waals surface area contributed by atoms with E-state index in [-0.39, 0.29) is 0 Å². The molecule has 6 nitrogen and oxygen atoms in total. The number of benzene rings is 1. The molecule has 1 N–H and O–H groups in total. The van der Waals surface area contributed by atoms with E-state index in [1.54, 1.807) is 13.3 Å². The Morgan fingerprint density at radius 2 is 2.19 bits per heavy atom. The molecule has 2 aromatic rings. The van der Waals surface area contributed by atoms with Crippen molar-refractivity contribution in [2.75, 3.05) is 44.5 Å². The molecule has 1 aromatic carbocycles. The fourth-order valence-electron chi connectivity index (χ4n) is 3.24. The van der Waals surface area contributed by atoms with Gasteiger partial charge in [-0.05, 0) is 59.1 Å². The number of hydrogen-bond acceptors (Lipinski definition) is 6. The van der Waals surface area contributed by atoms with E-state index in [2.05, 4.69) is 48.2 Å². The van der Waals surface area contributed by atoms with Crippen molar-refractivity contribution in [3.63, 3.8) is 0 Å². The minimum atomic E-state index is 0.398. The van der Waals surface area contributed by atoms with Gasteiger partial charge >= 0.3 is 0 Å². The largest absolute Gasteiger partial charge is 0.496 e. The van der Waals surface area contributed by atoms with E-state index in [0.29, 0.717) is 6.04 Å². The van der Waals surface area contributed by atoms with Gasteiger partial charge in [0.2, 0.25) is 5.95 Å². The molecule has 1 saturated heterocycles. The van der Waals surface area contributed by atoms with Crippen LogP contribution in [0.2, 0.25) is 0 Å². The number of piperidine rings is 1. The fraction of sp³-hybridized carbons (Fsp3) is 0.474. The van der Waals surface area contributed by atoms with Crippen LogP contribution in [0.1, 0.15) is 18.4 Å². The van der Waals surface area contributed by atoms with Crippen LogP contribution in [0.4, 0.5) is 11.8 Å². The van der Waals surface area contributed by atoms with E-state index in [1.807, 2.05) is 31.1 Å². The summed E-state index contributed by atoms with van der Waals surface area (Å²) in [6.07, 6.45) is 4.14. The van der Waals surface area contributed by atoms with E-state index in [0.717, 1.165) is 48.0 Å². The highest BCUT2D eigenvalue weighted by Gasteiger charge is 2.20. The first-order chi connectivity index (χ1) is 12.5. The van der Waals surface area contributed by atoms with Crippen LogP contribution in [0.5, 0.6) is 5.75 Å². The molecule has 0 radical (unpaired) electrons. The van der Waals surface area contributed by atoms with Gasteiger partial charge in [-0.25, -0.2) is 4.98 Å². The first-order valence-electron chi connectivity index (χ1n) is 8.87. The minimum Gasteiger partial charge on any atom is -0.496 e. The van der Waals surface area contributed by atoms with Gasteiger partial charge in [0.1, 0.15) is 11.6 Å². The van der Waals surface area contributed by atoms with Crippen molar-refractivity contribution >= 4 is 27.7 Å². The summed E-state index contributed by atoms with van der Waals surface area (Å²) >= 11 is 3.57. The number of anilines is 2. The number of nitrogens with zero attached hydrogens (tertiary/aromatic N) is 4. The monoisotopic (exact) mass is 419 g/mol. The summed E-state index contributed by atoms with van der Waals surface area (Å²) in [6.45, 7) is 3.06. The number of likely N-dealkylation sites (tertiary alicyclic amines) is 1. The highest BCUT2D eigenvalue weighted by atomic mass is 79.9. The number of nitrogens with one attached hydrogen (secondary N) is 1. The van der Waals surface area contributed by atoms with Gasteiger partial charge in [0, 0.05) is 39.4 Å². The predicted octanol–water partition coefficient (Wildman–Crippen LogP) is 3.39. The van der Waals surface area contributed by atoms with Gasteiger partial charge in [0.15, 0.2) is 0 Å². The smallest absolute Gasteiger partial charge is 0.226 e. The van der Waals surface area contributed by atoms with E-state index >= 15 is 0 Å². The van der Waals surface area contributed by atoms with Crippen LogP contribution in [0.3, 0.4) is 0 Å². The van der Waals surface area contributed by atoms with Crippen molar-refractivity contribution in [2.45, 2.75) is 25.4 Å². The van der Waals surface area contributed by atoms with Crippen molar-refractivity contribution in [1.29, 1.82) is 0 Å². The molecule has 26 heavy (non-hydrogen) atoms. The molecule has 7 heteroatoms. The molecule has 0 bridgehead atoms. The number of rotatable bonds is 6. The molecule has 3 rings (SSSR count). The highest BCUT2D eigenvalue weighted by Crippen LogP contribution is 2.26. The maximum atomic E-state index is 5.31. The number of methoxy groups -OCH3 is 1. The second-order valence-electron chi connectivity index (χ2n) is 6.82. The van der Waals surface area contributed by atoms with Gasteiger partial charge in [-0.15, -0.1) is 0 Å². The quantitative estimate of drug-likeness (QED) is 0.774. The molecule has 1 unspecified atom stereocenters. The third kappa shape index (κ3) is 4.86. The Morgan fingerprint density at radius 3 is 2.92 bits per heavy atom. The lowest BCUT2D eigenvalue weighted by molar-refractivity contribution is 0.208. The molecule has 0 aliphatic carbocycles. The molecule has 1 aliphatic heterocycles. The molecule has 1 aromatic heterocycles. The summed E-state index contributed by atoms with van der Waals surface area (Å²) in [7, 11) is 5.60. The fourth-order valence-corrected chi connectivity index (χ4v) is 3.82. The molecule has 1 atom stereocenters. The first kappa shape index (κ1) is 18.9. The summed E-state index contributed by atoms with van der Waals surface area (Å²) in [6, 6.07) is 8.63. The molecular weight excluding hydrogens is 394 g/mol. The molecule has 1 aliphatic rings. The Balaban J connectivity index is 1.60. The van der Waals surface area contributed by atoms with Gasteiger partial charge in [-0.3, -0.25) is 4.90 Å². The van der Waals surface area contributed by atoms with Crippen molar-refractivity contribution in [1.82, 2.24) is 14.9 Å². The first-order valence-corrected chi connectivity index (χ1v) is 9.66. The van der Waals surface area contributed by atoms with Crippen molar-refractivity contribution < 1.29 is 4.74 Å². The van der Waals surface area contributed by atoms with E-state index in [4.69, 9.17) is 4.74 Å². The Morgan fingerprint density at radius 1 is 1.35 bits per heavy atom. The highest BCUT2D eigenvalue weighted by molar-refractivity contribution is 9.10. The molecule has 0 saturated carbocycles. The predicted molar refractivity (Wildman–Crippen MR) is 109 cm³/mol. The molecule has 0 spiro atoms. The van der Waals surface area contributed by atoms with E-state index in [9.17, 15) is 0 Å². The Kier molecular flexibility index (Phi) is 6.32. The lowest BCUT2D eigenvalue weighted by Gasteiger charge is -2.33. The van der Waals surface area contributed by atoms with Crippen molar-refractivity contribution in [2.24, 2.45) is 0 Å². The van der Waals surface area contributed by atoms with Crippen LogP contribution in [0.15, 0.2) is 34.9 Å². The molecule has 0 amide bonds. The second kappa shape index (κ2) is 8.68. The van der Waals surface area contributed by atoms with Crippen LogP contribution in [0.25, 0.3) is 0 Å². The third-order valence-corrected chi connectivity index (χ3v) is 5.14. The standard InChI is InChI=1S/C19H26BrN5O/c1-24(2)19-21-9-8-18(23-19)22-15-5-4-10-25(13-15)12-14-6-7-17(26-3)16(20)11-14/h6-9,11,15H,4-5,10,12-13H2,1-3H3,(H,21,22,23). The lowest BCUT2D eigenvalue weighted by atomic mass is 10.0. The maximum absolute atomic E-state index is 5.31. The zero-order valence-electron chi connectivity index (χ0n) is 15.6. The van der Waals surface area contributed by atoms with Crippen LogP contribution in [-0.2, 0) is 6.54 Å². The molecule has 1 fully saturated rings. The number of ether oxygens (including phenoxy) is 1. The van der Waals surface area contributed by atoms with E-state index in [1.165, 1.54) is 12.0 Å². The summed E-state index contributed by atoms with van der Waals surface area (Å²) in [5.41, 5.74) is 1.29. The summed E-state index contributed by atoms with van der Waals surface area (Å²) in [5.74, 6) is 2.49. The van der Waals surface area contributed by atoms with Crippen LogP contribution < -0.4 is 15.0 Å². The molecule has 140 valence electrons. The number of halogens is 1. The Bertz CT molecular complexity index is 740. The number of hydrogen-bond donors (Lipinski definition) is 1. The maximum Gasteiger partial charge on any atom is 0.226 e. The topological polar surface area (TPSA) is 53.5 Å². The zero-order chi connectivity index (χ0) is 18.5. The van der Waals surface area contributed by atoms with Gasteiger partial charge in [-0.2, -0.15) is 4.98 Å². The van der Waals surface area contributed by atoms with Gasteiger partial charge in [0.25, 0.3) is 0 Å². The molecular formula is C19H26BrN5O. The van der Waals surface area contributed by atoms with Crippen LogP contribution >= 0.6 is 15.9 Å². The Hall–Kier alpha value is -1.86. The van der Waals surface area contributed by atoms with Crippen LogP contribution in [-0.4, -0.2) is 55.2 Å². The lowest BCUT2D eigenvalue weighted by Crippen LogP contribution is -2.41. The van der Waals surface area contributed by atoms with Gasteiger partial charge in [-0.1, -0.05) is 6.07 Å². The SMILES string of the molecule is COc1ccc(CN2CCCC(Nc3ccnc(N(C)C)n3)C2)cc1Br. The summed E-state index contributed by atoms with van der Waals surface area (Å²) < 4.78 is 6.32. The molecule has 2 heterocycles. The summed E-state index contributed by atoms with van der Waals surface area (Å²) in [4.78, 5) is 13.3. The Labute approximate surface area is 163 Å². The second-order valence-corrected chi connectivity index (χ2v) is 7.68. The normalized spacial score (nSPS) is 17.8. The zero-order valence-corrected chi connectivity index (χ0v) is 17.2. The third-order valence-electron chi connectivity index (χ3n) is 4.52. The average Bonchev–Trinajstić information content (AvgIpc) is 2.62. The van der Waals surface area contributed by atoms with Gasteiger partial charge in [0.05, 0.1) is 11.6 Å². The number of aromatic nitrogens is 2. The van der Waals surface area contributed by atoms with Crippen LogP contribution in [0, 0.1) is 0 Å². The van der Waals surface area contributed by atoms with Crippen molar-refractivity contribution in [3.8, 4) is 5.75 Å². The van der Waals surface area contributed by atoms with Gasteiger partial charge < -0.3 is 15.0 Å². The van der Waals surface area contributed by atoms with Crippen molar-refractivity contribution in [3.05, 3.63) is 40.5 Å². The summed E-state index contributed by atoms with van der Waals surface area (Å²) in [5, 5.41) is 3.57. The van der Waals surface area contributed by atoms with E-state index < -0.39 is 0 Å². The average molecular weight is 420 g/mol.